The lowest BCUT2D eigenvalue weighted by Gasteiger charge is -2.19. The number of benzene rings is 2. The molecule has 0 bridgehead atoms. The summed E-state index contributed by atoms with van der Waals surface area (Å²) >= 11 is 3.57. The van der Waals surface area contributed by atoms with Crippen LogP contribution in [0.1, 0.15) is 22.7 Å². The number of halogens is 2. The average molecular weight is 322 g/mol. The molecule has 2 aromatic rings. The molecule has 0 aliphatic carbocycles. The van der Waals surface area contributed by atoms with Crippen LogP contribution in [-0.2, 0) is 6.42 Å². The van der Waals surface area contributed by atoms with Crippen LogP contribution in [0, 0.1) is 12.7 Å². The smallest absolute Gasteiger partial charge is 0.126 e. The largest absolute Gasteiger partial charge is 0.313 e. The van der Waals surface area contributed by atoms with Gasteiger partial charge in [0.15, 0.2) is 0 Å². The highest BCUT2D eigenvalue weighted by Gasteiger charge is 2.15. The summed E-state index contributed by atoms with van der Waals surface area (Å²) in [7, 11) is 1.90. The SMILES string of the molecule is CNC(Cc1ccccc1F)c1cc(C)ccc1Br. The van der Waals surface area contributed by atoms with Crippen molar-refractivity contribution < 1.29 is 4.39 Å². The molecule has 1 atom stereocenters. The van der Waals surface area contributed by atoms with Crippen molar-refractivity contribution in [1.82, 2.24) is 5.32 Å². The lowest BCUT2D eigenvalue weighted by molar-refractivity contribution is 0.553. The molecule has 2 aromatic carbocycles. The van der Waals surface area contributed by atoms with Gasteiger partial charge in [0.25, 0.3) is 0 Å². The molecule has 1 N–H and O–H groups in total. The molecule has 1 nitrogen and oxygen atoms in total. The molecular weight excluding hydrogens is 305 g/mol. The van der Waals surface area contributed by atoms with Gasteiger partial charge in [0, 0.05) is 10.5 Å². The summed E-state index contributed by atoms with van der Waals surface area (Å²) in [4.78, 5) is 0. The van der Waals surface area contributed by atoms with Gasteiger partial charge in [-0.2, -0.15) is 0 Å². The number of hydrogen-bond acceptors (Lipinski definition) is 1. The van der Waals surface area contributed by atoms with Crippen LogP contribution in [0.15, 0.2) is 46.9 Å². The van der Waals surface area contributed by atoms with E-state index in [0.717, 1.165) is 15.6 Å². The first-order valence-electron chi connectivity index (χ1n) is 6.28. The second-order valence-electron chi connectivity index (χ2n) is 4.66. The van der Waals surface area contributed by atoms with Crippen LogP contribution in [0.3, 0.4) is 0 Å². The van der Waals surface area contributed by atoms with Crippen molar-refractivity contribution in [2.75, 3.05) is 7.05 Å². The van der Waals surface area contributed by atoms with Crippen molar-refractivity contribution in [2.45, 2.75) is 19.4 Å². The minimum Gasteiger partial charge on any atom is -0.313 e. The summed E-state index contributed by atoms with van der Waals surface area (Å²) in [6.45, 7) is 2.06. The summed E-state index contributed by atoms with van der Waals surface area (Å²) in [6, 6.07) is 13.3. The molecule has 0 heterocycles. The van der Waals surface area contributed by atoms with Gasteiger partial charge in [-0.3, -0.25) is 0 Å². The van der Waals surface area contributed by atoms with Crippen molar-refractivity contribution in [2.24, 2.45) is 0 Å². The molecule has 1 unspecified atom stereocenters. The maximum absolute atomic E-state index is 13.7. The fraction of sp³-hybridized carbons (Fsp3) is 0.250. The molecule has 3 heteroatoms. The van der Waals surface area contributed by atoms with E-state index in [1.807, 2.05) is 25.2 Å². The van der Waals surface area contributed by atoms with Crippen LogP contribution >= 0.6 is 15.9 Å². The first-order chi connectivity index (χ1) is 9.11. The fourth-order valence-electron chi connectivity index (χ4n) is 2.18. The Morgan fingerprint density at radius 1 is 1.21 bits per heavy atom. The monoisotopic (exact) mass is 321 g/mol. The number of rotatable bonds is 4. The highest BCUT2D eigenvalue weighted by atomic mass is 79.9. The Bertz CT molecular complexity index is 568. The van der Waals surface area contributed by atoms with Gasteiger partial charge in [-0.25, -0.2) is 4.39 Å². The number of likely N-dealkylation sites (N-methyl/N-ethyl adjacent to an activating group) is 1. The summed E-state index contributed by atoms with van der Waals surface area (Å²) in [5, 5.41) is 3.27. The molecule has 0 aromatic heterocycles. The maximum atomic E-state index is 13.7. The zero-order valence-corrected chi connectivity index (χ0v) is 12.7. The molecule has 2 rings (SSSR count). The van der Waals surface area contributed by atoms with Crippen LogP contribution in [-0.4, -0.2) is 7.05 Å². The Hall–Kier alpha value is -1.19. The molecule has 0 radical (unpaired) electrons. The summed E-state index contributed by atoms with van der Waals surface area (Å²) < 4.78 is 14.8. The predicted octanol–water partition coefficient (Wildman–Crippen LogP) is 4.40. The minimum absolute atomic E-state index is 0.0891. The van der Waals surface area contributed by atoms with Gasteiger partial charge in [-0.05, 0) is 43.7 Å². The zero-order valence-electron chi connectivity index (χ0n) is 11.1. The molecule has 0 amide bonds. The first-order valence-corrected chi connectivity index (χ1v) is 7.08. The standard InChI is InChI=1S/C16H17BrFN/c1-11-7-8-14(17)13(9-11)16(19-2)10-12-5-3-4-6-15(12)18/h3-9,16,19H,10H2,1-2H3. The Morgan fingerprint density at radius 2 is 1.95 bits per heavy atom. The predicted molar refractivity (Wildman–Crippen MR) is 80.8 cm³/mol. The van der Waals surface area contributed by atoms with Gasteiger partial charge in [0.05, 0.1) is 0 Å². The van der Waals surface area contributed by atoms with E-state index in [0.29, 0.717) is 6.42 Å². The van der Waals surface area contributed by atoms with Crippen LogP contribution in [0.5, 0.6) is 0 Å². The van der Waals surface area contributed by atoms with Gasteiger partial charge in [0.2, 0.25) is 0 Å². The average Bonchev–Trinajstić information content (AvgIpc) is 2.41. The van der Waals surface area contributed by atoms with E-state index in [2.05, 4.69) is 40.3 Å². The van der Waals surface area contributed by atoms with Crippen LogP contribution in [0.4, 0.5) is 4.39 Å². The van der Waals surface area contributed by atoms with E-state index in [1.54, 1.807) is 6.07 Å². The molecule has 0 fully saturated rings. The Balaban J connectivity index is 2.30. The molecular formula is C16H17BrFN. The first kappa shape index (κ1) is 14.2. The van der Waals surface area contributed by atoms with Gasteiger partial charge < -0.3 is 5.32 Å². The Labute approximate surface area is 122 Å². The quantitative estimate of drug-likeness (QED) is 0.880. The molecule has 100 valence electrons. The van der Waals surface area contributed by atoms with Crippen molar-refractivity contribution in [3.8, 4) is 0 Å². The molecule has 0 spiro atoms. The lowest BCUT2D eigenvalue weighted by Crippen LogP contribution is -2.20. The van der Waals surface area contributed by atoms with Gasteiger partial charge in [-0.1, -0.05) is 51.8 Å². The third-order valence-electron chi connectivity index (χ3n) is 3.26. The second kappa shape index (κ2) is 6.31. The van der Waals surface area contributed by atoms with E-state index in [9.17, 15) is 4.39 Å². The number of hydrogen-bond donors (Lipinski definition) is 1. The van der Waals surface area contributed by atoms with Crippen molar-refractivity contribution in [1.29, 1.82) is 0 Å². The fourth-order valence-corrected chi connectivity index (χ4v) is 2.70. The van der Waals surface area contributed by atoms with E-state index >= 15 is 0 Å². The lowest BCUT2D eigenvalue weighted by atomic mass is 9.97. The van der Waals surface area contributed by atoms with E-state index < -0.39 is 0 Å². The van der Waals surface area contributed by atoms with Crippen molar-refractivity contribution in [3.05, 3.63) is 69.4 Å². The maximum Gasteiger partial charge on any atom is 0.126 e. The van der Waals surface area contributed by atoms with E-state index in [4.69, 9.17) is 0 Å². The van der Waals surface area contributed by atoms with E-state index in [1.165, 1.54) is 11.6 Å². The normalized spacial score (nSPS) is 12.4. The molecule has 19 heavy (non-hydrogen) atoms. The molecule has 0 aliphatic heterocycles. The summed E-state index contributed by atoms with van der Waals surface area (Å²) in [5.74, 6) is -0.147. The summed E-state index contributed by atoms with van der Waals surface area (Å²) in [6.07, 6.45) is 0.630. The number of aryl methyl sites for hydroxylation is 1. The summed E-state index contributed by atoms with van der Waals surface area (Å²) in [5.41, 5.74) is 3.09. The van der Waals surface area contributed by atoms with Crippen molar-refractivity contribution in [3.63, 3.8) is 0 Å². The molecule has 0 aliphatic rings. The van der Waals surface area contributed by atoms with Gasteiger partial charge in [0.1, 0.15) is 5.82 Å². The minimum atomic E-state index is -0.147. The third-order valence-corrected chi connectivity index (χ3v) is 3.98. The number of nitrogens with one attached hydrogen (secondary N) is 1. The van der Waals surface area contributed by atoms with Crippen molar-refractivity contribution >= 4 is 15.9 Å². The second-order valence-corrected chi connectivity index (χ2v) is 5.52. The third kappa shape index (κ3) is 3.43. The van der Waals surface area contributed by atoms with E-state index in [-0.39, 0.29) is 11.9 Å². The topological polar surface area (TPSA) is 12.0 Å². The molecule has 0 saturated carbocycles. The highest BCUT2D eigenvalue weighted by Crippen LogP contribution is 2.27. The van der Waals surface area contributed by atoms with Gasteiger partial charge >= 0.3 is 0 Å². The Kier molecular flexibility index (Phi) is 4.72. The van der Waals surface area contributed by atoms with Crippen LogP contribution in [0.25, 0.3) is 0 Å². The Morgan fingerprint density at radius 3 is 2.63 bits per heavy atom. The van der Waals surface area contributed by atoms with Crippen LogP contribution < -0.4 is 5.32 Å². The van der Waals surface area contributed by atoms with Crippen LogP contribution in [0.2, 0.25) is 0 Å². The zero-order chi connectivity index (χ0) is 13.8. The van der Waals surface area contributed by atoms with Gasteiger partial charge in [-0.15, -0.1) is 0 Å². The molecule has 0 saturated heterocycles. The highest BCUT2D eigenvalue weighted by molar-refractivity contribution is 9.10.